The van der Waals surface area contributed by atoms with Gasteiger partial charge in [-0.2, -0.15) is 0 Å². The minimum atomic E-state index is -2.25. The third kappa shape index (κ3) is 3.20. The second-order valence-corrected chi connectivity index (χ2v) is 6.01. The molecular formula is C7H16N2OS. The summed E-state index contributed by atoms with van der Waals surface area (Å²) in [5, 5.41) is 0. The van der Waals surface area contributed by atoms with Gasteiger partial charge < -0.3 is 5.73 Å². The first-order valence-electron chi connectivity index (χ1n) is 3.94. The van der Waals surface area contributed by atoms with Gasteiger partial charge in [-0.25, -0.2) is 0 Å². The number of hydrogen-bond donors (Lipinski definition) is 2. The molecule has 66 valence electrons. The highest BCUT2D eigenvalue weighted by Gasteiger charge is 2.25. The van der Waals surface area contributed by atoms with E-state index in [0.29, 0.717) is 17.7 Å². The quantitative estimate of drug-likeness (QED) is 0.667. The highest BCUT2D eigenvalue weighted by atomic mass is 32.2. The summed E-state index contributed by atoms with van der Waals surface area (Å²) in [4.78, 5) is 0. The number of nitrogens with one attached hydrogen (secondary N) is 1. The molecule has 0 aliphatic heterocycles. The molecule has 11 heavy (non-hydrogen) atoms. The first-order chi connectivity index (χ1) is 4.97. The second kappa shape index (κ2) is 3.11. The van der Waals surface area contributed by atoms with E-state index in [1.165, 1.54) is 6.26 Å². The highest BCUT2D eigenvalue weighted by Crippen LogP contribution is 2.28. The lowest BCUT2D eigenvalue weighted by molar-refractivity contribution is 0.259. The molecule has 1 atom stereocenters. The predicted molar refractivity (Wildman–Crippen MR) is 47.0 cm³/mol. The van der Waals surface area contributed by atoms with Crippen molar-refractivity contribution >= 4 is 9.73 Å². The number of hydrogen-bond acceptors (Lipinski definition) is 3. The number of nitrogens with two attached hydrogens (primary N) is 1. The van der Waals surface area contributed by atoms with E-state index in [4.69, 9.17) is 10.5 Å². The van der Waals surface area contributed by atoms with Gasteiger partial charge in [-0.3, -0.25) is 8.99 Å². The van der Waals surface area contributed by atoms with Gasteiger partial charge in [0, 0.05) is 27.8 Å². The Kier molecular flexibility index (Phi) is 2.54. The van der Waals surface area contributed by atoms with Crippen LogP contribution in [-0.4, -0.2) is 22.3 Å². The van der Waals surface area contributed by atoms with Crippen molar-refractivity contribution in [1.29, 1.82) is 4.78 Å². The van der Waals surface area contributed by atoms with Crippen LogP contribution in [0.25, 0.3) is 0 Å². The lowest BCUT2D eigenvalue weighted by Gasteiger charge is -2.32. The summed E-state index contributed by atoms with van der Waals surface area (Å²) in [6.07, 6.45) is 4.56. The Balaban J connectivity index is 2.15. The zero-order chi connectivity index (χ0) is 8.48. The predicted octanol–water partition coefficient (Wildman–Crippen LogP) is 0.790. The third-order valence-corrected chi connectivity index (χ3v) is 3.20. The van der Waals surface area contributed by atoms with Crippen LogP contribution in [-0.2, 0) is 9.73 Å². The molecule has 0 aromatic carbocycles. The fraction of sp³-hybridized carbons (Fsp3) is 1.00. The first-order valence-corrected chi connectivity index (χ1v) is 6.08. The molecule has 0 aromatic heterocycles. The van der Waals surface area contributed by atoms with E-state index in [9.17, 15) is 4.21 Å². The maximum Gasteiger partial charge on any atom is 0.0412 e. The van der Waals surface area contributed by atoms with Crippen molar-refractivity contribution in [2.75, 3.05) is 12.0 Å². The van der Waals surface area contributed by atoms with Crippen molar-refractivity contribution in [3.05, 3.63) is 0 Å². The molecule has 0 spiro atoms. The van der Waals surface area contributed by atoms with Crippen LogP contribution in [0.15, 0.2) is 0 Å². The molecule has 1 unspecified atom stereocenters. The molecule has 1 fully saturated rings. The Morgan fingerprint density at radius 1 is 1.64 bits per heavy atom. The minimum absolute atomic E-state index is 0.374. The lowest BCUT2D eigenvalue weighted by atomic mass is 9.79. The van der Waals surface area contributed by atoms with Crippen molar-refractivity contribution in [3.63, 3.8) is 0 Å². The highest BCUT2D eigenvalue weighted by molar-refractivity contribution is 7.91. The van der Waals surface area contributed by atoms with Crippen LogP contribution < -0.4 is 5.73 Å². The van der Waals surface area contributed by atoms with Crippen molar-refractivity contribution in [2.45, 2.75) is 25.3 Å². The van der Waals surface area contributed by atoms with Gasteiger partial charge in [-0.15, -0.1) is 0 Å². The molecule has 0 saturated heterocycles. The van der Waals surface area contributed by atoms with Gasteiger partial charge in [0.05, 0.1) is 0 Å². The van der Waals surface area contributed by atoms with Crippen molar-refractivity contribution < 1.29 is 4.21 Å². The van der Waals surface area contributed by atoms with Crippen molar-refractivity contribution in [1.82, 2.24) is 0 Å². The molecule has 3 nitrogen and oxygen atoms in total. The molecule has 1 rings (SSSR count). The third-order valence-electron chi connectivity index (χ3n) is 2.19. The minimum Gasteiger partial charge on any atom is -0.328 e. The maximum absolute atomic E-state index is 10.9. The van der Waals surface area contributed by atoms with Crippen LogP contribution in [0, 0.1) is 10.7 Å². The van der Waals surface area contributed by atoms with Gasteiger partial charge in [0.15, 0.2) is 0 Å². The summed E-state index contributed by atoms with van der Waals surface area (Å²) in [5.41, 5.74) is 5.59. The lowest BCUT2D eigenvalue weighted by Crippen LogP contribution is -2.36. The molecule has 0 amide bonds. The van der Waals surface area contributed by atoms with E-state index in [-0.39, 0.29) is 0 Å². The van der Waals surface area contributed by atoms with Gasteiger partial charge in [-0.1, -0.05) is 0 Å². The van der Waals surface area contributed by atoms with E-state index < -0.39 is 9.73 Å². The van der Waals surface area contributed by atoms with Gasteiger partial charge >= 0.3 is 0 Å². The molecule has 0 aromatic rings. The molecular weight excluding hydrogens is 160 g/mol. The van der Waals surface area contributed by atoms with Crippen LogP contribution in [0.5, 0.6) is 0 Å². The largest absolute Gasteiger partial charge is 0.328 e. The zero-order valence-electron chi connectivity index (χ0n) is 6.88. The van der Waals surface area contributed by atoms with Gasteiger partial charge in [-0.05, 0) is 25.2 Å². The summed E-state index contributed by atoms with van der Waals surface area (Å²) in [6, 6.07) is 0.374. The zero-order valence-corrected chi connectivity index (χ0v) is 7.69. The molecule has 3 N–H and O–H groups in total. The fourth-order valence-electron chi connectivity index (χ4n) is 1.41. The van der Waals surface area contributed by atoms with E-state index in [1.807, 2.05) is 0 Å². The average Bonchev–Trinajstić information content (AvgIpc) is 1.75. The second-order valence-electron chi connectivity index (χ2n) is 3.60. The summed E-state index contributed by atoms with van der Waals surface area (Å²) < 4.78 is 18.1. The average molecular weight is 176 g/mol. The Labute approximate surface area is 68.3 Å². The summed E-state index contributed by atoms with van der Waals surface area (Å²) in [5.74, 6) is 1.20. The summed E-state index contributed by atoms with van der Waals surface area (Å²) in [6.45, 7) is 0. The van der Waals surface area contributed by atoms with E-state index in [0.717, 1.165) is 19.3 Å². The Morgan fingerprint density at radius 3 is 2.55 bits per heavy atom. The van der Waals surface area contributed by atoms with Gasteiger partial charge in [0.25, 0.3) is 0 Å². The molecule has 0 radical (unpaired) electrons. The molecule has 0 heterocycles. The topological polar surface area (TPSA) is 66.9 Å². The van der Waals surface area contributed by atoms with Crippen LogP contribution in [0.1, 0.15) is 19.3 Å². The van der Waals surface area contributed by atoms with Crippen molar-refractivity contribution in [3.8, 4) is 0 Å². The van der Waals surface area contributed by atoms with Crippen LogP contribution in [0.4, 0.5) is 0 Å². The van der Waals surface area contributed by atoms with Crippen LogP contribution in [0.2, 0.25) is 0 Å². The summed E-state index contributed by atoms with van der Waals surface area (Å²) in [7, 11) is -2.25. The standard InChI is InChI=1S/C7H16N2OS/c1-11(9,10)3-2-6-4-7(8)5-6/h6-7,9H,2-5,8H2,1H3. The van der Waals surface area contributed by atoms with Crippen LogP contribution >= 0.6 is 0 Å². The maximum atomic E-state index is 10.9. The normalized spacial score (nSPS) is 35.8. The van der Waals surface area contributed by atoms with Gasteiger partial charge in [0.1, 0.15) is 0 Å². The Morgan fingerprint density at radius 2 is 2.18 bits per heavy atom. The monoisotopic (exact) mass is 176 g/mol. The van der Waals surface area contributed by atoms with E-state index >= 15 is 0 Å². The molecule has 1 saturated carbocycles. The molecule has 4 heteroatoms. The fourth-order valence-corrected chi connectivity index (χ4v) is 2.20. The van der Waals surface area contributed by atoms with E-state index in [2.05, 4.69) is 0 Å². The smallest absolute Gasteiger partial charge is 0.0412 e. The first kappa shape index (κ1) is 9.00. The molecule has 1 aliphatic rings. The Bertz CT molecular complexity index is 217. The molecule has 1 aliphatic carbocycles. The molecule has 0 bridgehead atoms. The van der Waals surface area contributed by atoms with Crippen molar-refractivity contribution in [2.24, 2.45) is 11.7 Å². The Hall–Kier alpha value is -0.0900. The van der Waals surface area contributed by atoms with Crippen LogP contribution in [0.3, 0.4) is 0 Å². The summed E-state index contributed by atoms with van der Waals surface area (Å²) >= 11 is 0. The van der Waals surface area contributed by atoms with E-state index in [1.54, 1.807) is 0 Å². The van der Waals surface area contributed by atoms with Gasteiger partial charge in [0.2, 0.25) is 0 Å². The number of rotatable bonds is 3. The SMILES string of the molecule is CS(=N)(=O)CCC1CC(N)C1.